The van der Waals surface area contributed by atoms with Gasteiger partial charge in [0.15, 0.2) is 0 Å². The summed E-state index contributed by atoms with van der Waals surface area (Å²) in [7, 11) is 0. The second kappa shape index (κ2) is 18.0. The first-order chi connectivity index (χ1) is 22.4. The first-order valence-electron chi connectivity index (χ1n) is 16.4. The number of hydrogen-bond acceptors (Lipinski definition) is 7. The number of halogens is 1. The summed E-state index contributed by atoms with van der Waals surface area (Å²) < 4.78 is 5.08. The van der Waals surface area contributed by atoms with Crippen molar-refractivity contribution in [2.75, 3.05) is 65.3 Å². The van der Waals surface area contributed by atoms with Crippen molar-refractivity contribution in [1.82, 2.24) is 19.6 Å². The molecule has 3 aromatic rings. The van der Waals surface area contributed by atoms with E-state index in [0.717, 1.165) is 56.8 Å². The lowest BCUT2D eigenvalue weighted by Gasteiger charge is -2.44. The van der Waals surface area contributed by atoms with E-state index < -0.39 is 0 Å². The molecule has 0 bridgehead atoms. The first kappa shape index (κ1) is 35.4. The number of alkyl halides is 1. The highest BCUT2D eigenvalue weighted by Gasteiger charge is 2.32. The first-order valence-corrected chi connectivity index (χ1v) is 17.1. The fraction of sp³-hybridized carbons (Fsp3) is 0.459. The summed E-state index contributed by atoms with van der Waals surface area (Å²) in [6.07, 6.45) is 2.71. The monoisotopic (exact) mass is 648 g/mol. The Labute approximate surface area is 279 Å². The summed E-state index contributed by atoms with van der Waals surface area (Å²) in [6.45, 7) is 11.7. The molecule has 2 atom stereocenters. The highest BCUT2D eigenvalue weighted by Crippen LogP contribution is 2.34. The highest BCUT2D eigenvalue weighted by atomic mass is 35.5. The van der Waals surface area contributed by atoms with Gasteiger partial charge in [-0.05, 0) is 67.8 Å². The Hall–Kier alpha value is -3.43. The van der Waals surface area contributed by atoms with E-state index in [1.54, 1.807) is 6.07 Å². The number of aromatic hydroxyl groups is 1. The third kappa shape index (κ3) is 9.79. The number of phenols is 1. The summed E-state index contributed by atoms with van der Waals surface area (Å²) >= 11 is 4.64. The van der Waals surface area contributed by atoms with Crippen LogP contribution in [0.5, 0.6) is 5.75 Å². The standard InChI is InChI=1S/C36H46N4O4.CH3Cl/c1-3-44-34(42)16-19-37-17-9-18-39(22-20-37)36(43)32-14-7-12-30(24-32)35(31-13-8-15-33(41)25-31)40-23-21-38(26-28(40)2)27-29-10-5-4-6-11-29;1-2/h4-8,10-15,24-25,28,35,41H,3,9,16-23,26-27H2,1-2H3;1H3. The molecule has 8 nitrogen and oxygen atoms in total. The molecule has 9 heteroatoms. The molecular weight excluding hydrogens is 600 g/mol. The minimum atomic E-state index is -0.172. The van der Waals surface area contributed by atoms with Crippen LogP contribution in [0.15, 0.2) is 78.9 Å². The number of carbonyl (C=O) groups is 2. The van der Waals surface area contributed by atoms with Gasteiger partial charge in [-0.2, -0.15) is 0 Å². The maximum Gasteiger partial charge on any atom is 0.307 e. The van der Waals surface area contributed by atoms with E-state index >= 15 is 0 Å². The number of amides is 1. The lowest BCUT2D eigenvalue weighted by Crippen LogP contribution is -2.52. The maximum absolute atomic E-state index is 13.8. The number of phenolic OH excluding ortho intramolecular Hbond substituents is 1. The Balaban J connectivity index is 0.00000235. The van der Waals surface area contributed by atoms with Crippen LogP contribution in [0.4, 0.5) is 0 Å². The van der Waals surface area contributed by atoms with Crippen LogP contribution in [-0.2, 0) is 16.1 Å². The number of esters is 1. The van der Waals surface area contributed by atoms with Crippen molar-refractivity contribution in [3.8, 4) is 5.75 Å². The average Bonchev–Trinajstić information content (AvgIpc) is 3.32. The third-order valence-electron chi connectivity index (χ3n) is 8.79. The van der Waals surface area contributed by atoms with E-state index in [2.05, 4.69) is 75.7 Å². The van der Waals surface area contributed by atoms with Crippen LogP contribution in [0.25, 0.3) is 0 Å². The van der Waals surface area contributed by atoms with Crippen molar-refractivity contribution in [2.24, 2.45) is 0 Å². The van der Waals surface area contributed by atoms with Crippen LogP contribution in [0.3, 0.4) is 0 Å². The zero-order chi connectivity index (χ0) is 32.9. The molecule has 3 aromatic carbocycles. The van der Waals surface area contributed by atoms with Crippen LogP contribution >= 0.6 is 11.6 Å². The molecule has 2 unspecified atom stereocenters. The van der Waals surface area contributed by atoms with Crippen molar-refractivity contribution < 1.29 is 19.4 Å². The second-order valence-electron chi connectivity index (χ2n) is 12.0. The molecule has 2 aliphatic rings. The summed E-state index contributed by atoms with van der Waals surface area (Å²) in [5.41, 5.74) is 4.07. The van der Waals surface area contributed by atoms with E-state index in [-0.39, 0.29) is 29.7 Å². The van der Waals surface area contributed by atoms with E-state index in [9.17, 15) is 14.7 Å². The van der Waals surface area contributed by atoms with Crippen molar-refractivity contribution in [1.29, 1.82) is 0 Å². The zero-order valence-electron chi connectivity index (χ0n) is 27.5. The topological polar surface area (TPSA) is 76.6 Å². The van der Waals surface area contributed by atoms with Crippen LogP contribution in [0.2, 0.25) is 0 Å². The van der Waals surface area contributed by atoms with Gasteiger partial charge >= 0.3 is 5.97 Å². The second-order valence-corrected chi connectivity index (χ2v) is 12.0. The minimum absolute atomic E-state index is 0.0366. The van der Waals surface area contributed by atoms with Crippen molar-refractivity contribution in [2.45, 2.75) is 45.3 Å². The Morgan fingerprint density at radius 1 is 0.870 bits per heavy atom. The average molecular weight is 649 g/mol. The van der Waals surface area contributed by atoms with Gasteiger partial charge in [0.25, 0.3) is 5.91 Å². The SMILES string of the molecule is CCOC(=O)CCN1CCCN(C(=O)c2cccc(C(c3cccc(O)c3)N3CCN(Cc4ccccc4)CC3C)c2)CC1.CCl. The van der Waals surface area contributed by atoms with Gasteiger partial charge in [-0.3, -0.25) is 19.4 Å². The summed E-state index contributed by atoms with van der Waals surface area (Å²) in [5, 5.41) is 10.4. The van der Waals surface area contributed by atoms with Gasteiger partial charge in [0, 0.05) is 70.3 Å². The number of hydrogen-bond donors (Lipinski definition) is 1. The van der Waals surface area contributed by atoms with Crippen LogP contribution in [-0.4, -0.2) is 108 Å². The fourth-order valence-electron chi connectivity index (χ4n) is 6.59. The van der Waals surface area contributed by atoms with E-state index in [4.69, 9.17) is 4.74 Å². The Morgan fingerprint density at radius 3 is 2.30 bits per heavy atom. The molecule has 2 saturated heterocycles. The number of nitrogens with zero attached hydrogens (tertiary/aromatic N) is 4. The van der Waals surface area contributed by atoms with Gasteiger partial charge < -0.3 is 19.6 Å². The number of piperazine rings is 1. The van der Waals surface area contributed by atoms with Gasteiger partial charge in [0.1, 0.15) is 5.75 Å². The molecule has 2 heterocycles. The Morgan fingerprint density at radius 2 is 1.59 bits per heavy atom. The van der Waals surface area contributed by atoms with Gasteiger partial charge in [0.05, 0.1) is 19.1 Å². The quantitative estimate of drug-likeness (QED) is 0.225. The van der Waals surface area contributed by atoms with Gasteiger partial charge in [-0.25, -0.2) is 0 Å². The van der Waals surface area contributed by atoms with Crippen molar-refractivity contribution in [3.05, 3.63) is 101 Å². The predicted molar refractivity (Wildman–Crippen MR) is 184 cm³/mol. The van der Waals surface area contributed by atoms with Crippen LogP contribution in [0.1, 0.15) is 59.8 Å². The molecule has 2 fully saturated rings. The molecule has 0 spiro atoms. The molecule has 2 aliphatic heterocycles. The molecule has 0 radical (unpaired) electrons. The number of benzene rings is 3. The number of carbonyl (C=O) groups excluding carboxylic acids is 2. The van der Waals surface area contributed by atoms with Gasteiger partial charge in [0.2, 0.25) is 0 Å². The smallest absolute Gasteiger partial charge is 0.307 e. The van der Waals surface area contributed by atoms with E-state index in [0.29, 0.717) is 38.2 Å². The molecule has 0 saturated carbocycles. The fourth-order valence-corrected chi connectivity index (χ4v) is 6.59. The predicted octanol–water partition coefficient (Wildman–Crippen LogP) is 5.64. The molecule has 0 aromatic heterocycles. The third-order valence-corrected chi connectivity index (χ3v) is 8.79. The molecule has 1 N–H and O–H groups in total. The maximum atomic E-state index is 13.8. The molecular formula is C37H49ClN4O4. The largest absolute Gasteiger partial charge is 0.508 e. The normalized spacial score (nSPS) is 18.6. The minimum Gasteiger partial charge on any atom is -0.508 e. The molecule has 1 amide bonds. The molecule has 248 valence electrons. The summed E-state index contributed by atoms with van der Waals surface area (Å²) in [6, 6.07) is 26.3. The van der Waals surface area contributed by atoms with Gasteiger partial charge in [-0.15, -0.1) is 11.6 Å². The van der Waals surface area contributed by atoms with E-state index in [1.807, 2.05) is 42.2 Å². The number of rotatable bonds is 10. The highest BCUT2D eigenvalue weighted by molar-refractivity contribution is 6.15. The van der Waals surface area contributed by atoms with Crippen LogP contribution < -0.4 is 0 Å². The molecule has 5 rings (SSSR count). The van der Waals surface area contributed by atoms with Crippen molar-refractivity contribution in [3.63, 3.8) is 0 Å². The Bertz CT molecular complexity index is 1390. The van der Waals surface area contributed by atoms with Gasteiger partial charge in [-0.1, -0.05) is 54.6 Å². The van der Waals surface area contributed by atoms with Crippen LogP contribution in [0, 0.1) is 0 Å². The molecule has 46 heavy (non-hydrogen) atoms. The summed E-state index contributed by atoms with van der Waals surface area (Å²) in [4.78, 5) is 34.8. The van der Waals surface area contributed by atoms with Crippen molar-refractivity contribution >= 4 is 23.5 Å². The Kier molecular flexibility index (Phi) is 13.9. The lowest BCUT2D eigenvalue weighted by molar-refractivity contribution is -0.143. The lowest BCUT2D eigenvalue weighted by atomic mass is 9.93. The zero-order valence-corrected chi connectivity index (χ0v) is 28.2. The van der Waals surface area contributed by atoms with E-state index in [1.165, 1.54) is 11.9 Å². The molecule has 0 aliphatic carbocycles. The summed E-state index contributed by atoms with van der Waals surface area (Å²) in [5.74, 6) is 0.108. The number of ether oxygens (including phenoxy) is 1.